The first-order valence-electron chi connectivity index (χ1n) is 13.5. The molecule has 0 aliphatic carbocycles. The van der Waals surface area contributed by atoms with E-state index in [-0.39, 0.29) is 0 Å². The molecule has 5 heteroatoms. The summed E-state index contributed by atoms with van der Waals surface area (Å²) in [5.41, 5.74) is 4.61. The SMILES string of the molecule is CC(C)[Si](OC[C@H](O)Cc1cc(OCc2ccccc2)cc(OCc2ccccc2)c1)(C(C)C)C(C)C. The monoisotopic (exact) mass is 520 g/mol. The molecule has 3 aromatic rings. The van der Waals surface area contributed by atoms with Gasteiger partial charge in [0.2, 0.25) is 0 Å². The maximum atomic E-state index is 11.0. The Hall–Kier alpha value is -2.60. The van der Waals surface area contributed by atoms with Crippen LogP contribution in [-0.2, 0) is 24.1 Å². The second kappa shape index (κ2) is 13.8. The number of hydrogen-bond acceptors (Lipinski definition) is 4. The topological polar surface area (TPSA) is 47.9 Å². The molecule has 0 heterocycles. The summed E-state index contributed by atoms with van der Waals surface area (Å²) in [5.74, 6) is 1.46. The second-order valence-corrected chi connectivity index (χ2v) is 16.3. The van der Waals surface area contributed by atoms with Crippen LogP contribution in [0, 0.1) is 0 Å². The number of aliphatic hydroxyl groups excluding tert-OH is 1. The third-order valence-electron chi connectivity index (χ3n) is 7.14. The molecule has 3 rings (SSSR count). The van der Waals surface area contributed by atoms with Gasteiger partial charge in [-0.3, -0.25) is 0 Å². The Balaban J connectivity index is 1.74. The molecule has 37 heavy (non-hydrogen) atoms. The van der Waals surface area contributed by atoms with Crippen molar-refractivity contribution >= 4 is 8.32 Å². The highest BCUT2D eigenvalue weighted by Crippen LogP contribution is 2.42. The zero-order valence-corrected chi connectivity index (χ0v) is 24.3. The minimum Gasteiger partial charge on any atom is -0.489 e. The maximum absolute atomic E-state index is 11.0. The second-order valence-electron chi connectivity index (χ2n) is 10.8. The van der Waals surface area contributed by atoms with Crippen molar-refractivity contribution in [1.29, 1.82) is 0 Å². The maximum Gasteiger partial charge on any atom is 0.200 e. The molecule has 0 aromatic heterocycles. The quantitative estimate of drug-likeness (QED) is 0.219. The smallest absolute Gasteiger partial charge is 0.200 e. The molecule has 0 unspecified atom stereocenters. The van der Waals surface area contributed by atoms with Crippen LogP contribution in [0.2, 0.25) is 16.6 Å². The van der Waals surface area contributed by atoms with Crippen molar-refractivity contribution < 1.29 is 19.0 Å². The molecule has 3 aromatic carbocycles. The molecule has 0 amide bonds. The summed E-state index contributed by atoms with van der Waals surface area (Å²) >= 11 is 0. The molecule has 0 aliphatic rings. The predicted molar refractivity (Wildman–Crippen MR) is 155 cm³/mol. The molecule has 0 aliphatic heterocycles. The van der Waals surface area contributed by atoms with Gasteiger partial charge in [-0.25, -0.2) is 0 Å². The molecule has 0 spiro atoms. The van der Waals surface area contributed by atoms with Gasteiger partial charge < -0.3 is 19.0 Å². The lowest BCUT2D eigenvalue weighted by molar-refractivity contribution is 0.0975. The predicted octanol–water partition coefficient (Wildman–Crippen LogP) is 7.94. The molecule has 200 valence electrons. The Morgan fingerprint density at radius 1 is 0.622 bits per heavy atom. The number of benzene rings is 3. The Morgan fingerprint density at radius 3 is 1.46 bits per heavy atom. The average molecular weight is 521 g/mol. The van der Waals surface area contributed by atoms with Gasteiger partial charge in [-0.1, -0.05) is 102 Å². The van der Waals surface area contributed by atoms with Crippen molar-refractivity contribution in [2.75, 3.05) is 6.61 Å². The zero-order chi connectivity index (χ0) is 26.8. The standard InChI is InChI=1S/C32H44O4Si/c1-24(2)37(25(3)4,26(5)6)36-23-30(33)17-29-18-31(34-21-27-13-9-7-10-14-27)20-32(19-29)35-22-28-15-11-8-12-16-28/h7-16,18-20,24-26,30,33H,17,21-23H2,1-6H3/t30-/m1/s1. The van der Waals surface area contributed by atoms with Crippen LogP contribution in [0.4, 0.5) is 0 Å². The van der Waals surface area contributed by atoms with E-state index in [0.717, 1.165) is 28.2 Å². The van der Waals surface area contributed by atoms with Gasteiger partial charge in [-0.2, -0.15) is 0 Å². The summed E-state index contributed by atoms with van der Waals surface area (Å²) in [6, 6.07) is 26.1. The van der Waals surface area contributed by atoms with E-state index < -0.39 is 14.4 Å². The van der Waals surface area contributed by atoms with Gasteiger partial charge >= 0.3 is 0 Å². The Labute approximate surface area is 224 Å². The average Bonchev–Trinajstić information content (AvgIpc) is 2.87. The Morgan fingerprint density at radius 2 is 1.05 bits per heavy atom. The molecular weight excluding hydrogens is 476 g/mol. The van der Waals surface area contributed by atoms with E-state index >= 15 is 0 Å². The highest BCUT2D eigenvalue weighted by Gasteiger charge is 2.45. The summed E-state index contributed by atoms with van der Waals surface area (Å²) < 4.78 is 18.9. The van der Waals surface area contributed by atoms with Gasteiger partial charge in [0.1, 0.15) is 24.7 Å². The summed E-state index contributed by atoms with van der Waals surface area (Å²) in [6.07, 6.45) is -0.127. The lowest BCUT2D eigenvalue weighted by atomic mass is 10.1. The summed E-state index contributed by atoms with van der Waals surface area (Å²) in [6.45, 7) is 14.9. The van der Waals surface area contributed by atoms with E-state index in [9.17, 15) is 5.11 Å². The van der Waals surface area contributed by atoms with Crippen LogP contribution in [0.1, 0.15) is 58.2 Å². The molecule has 0 saturated carbocycles. The minimum atomic E-state index is -2.04. The van der Waals surface area contributed by atoms with Gasteiger partial charge in [0.15, 0.2) is 8.32 Å². The number of ether oxygens (including phenoxy) is 2. The van der Waals surface area contributed by atoms with Gasteiger partial charge in [0.05, 0.1) is 12.7 Å². The van der Waals surface area contributed by atoms with E-state index in [2.05, 4.69) is 41.5 Å². The van der Waals surface area contributed by atoms with Crippen LogP contribution in [0.25, 0.3) is 0 Å². The van der Waals surface area contributed by atoms with Gasteiger partial charge in [0, 0.05) is 12.5 Å². The Kier molecular flexibility index (Phi) is 10.8. The van der Waals surface area contributed by atoms with Crippen molar-refractivity contribution in [3.05, 3.63) is 95.6 Å². The number of rotatable bonds is 14. The largest absolute Gasteiger partial charge is 0.489 e. The lowest BCUT2D eigenvalue weighted by Gasteiger charge is -2.42. The van der Waals surface area contributed by atoms with E-state index in [1.165, 1.54) is 0 Å². The number of hydrogen-bond donors (Lipinski definition) is 1. The van der Waals surface area contributed by atoms with Gasteiger partial charge in [0.25, 0.3) is 0 Å². The molecule has 0 saturated heterocycles. The first-order valence-corrected chi connectivity index (χ1v) is 15.6. The third kappa shape index (κ3) is 8.19. The molecule has 1 N–H and O–H groups in total. The fraction of sp³-hybridized carbons (Fsp3) is 0.438. The van der Waals surface area contributed by atoms with Crippen molar-refractivity contribution in [3.8, 4) is 11.5 Å². The van der Waals surface area contributed by atoms with Crippen molar-refractivity contribution in [2.24, 2.45) is 0 Å². The minimum absolute atomic E-state index is 0.343. The van der Waals surface area contributed by atoms with E-state index in [1.807, 2.05) is 78.9 Å². The van der Waals surface area contributed by atoms with E-state index in [4.69, 9.17) is 13.9 Å². The van der Waals surface area contributed by atoms with Crippen molar-refractivity contribution in [3.63, 3.8) is 0 Å². The molecule has 0 fully saturated rings. The summed E-state index contributed by atoms with van der Waals surface area (Å²) in [7, 11) is -2.04. The zero-order valence-electron chi connectivity index (χ0n) is 23.3. The molecular formula is C32H44O4Si. The molecule has 0 radical (unpaired) electrons. The highest BCUT2D eigenvalue weighted by molar-refractivity contribution is 6.77. The van der Waals surface area contributed by atoms with Crippen molar-refractivity contribution in [2.45, 2.75) is 83.9 Å². The molecule has 4 nitrogen and oxygen atoms in total. The van der Waals surface area contributed by atoms with Crippen LogP contribution < -0.4 is 9.47 Å². The van der Waals surface area contributed by atoms with Crippen LogP contribution in [0.5, 0.6) is 11.5 Å². The van der Waals surface area contributed by atoms with Crippen molar-refractivity contribution in [1.82, 2.24) is 0 Å². The summed E-state index contributed by atoms with van der Waals surface area (Å²) in [5, 5.41) is 11.0. The van der Waals surface area contributed by atoms with Crippen LogP contribution in [-0.4, -0.2) is 26.1 Å². The normalized spacial score (nSPS) is 12.8. The highest BCUT2D eigenvalue weighted by atomic mass is 28.4. The van der Waals surface area contributed by atoms with Gasteiger partial charge in [-0.15, -0.1) is 0 Å². The molecule has 0 bridgehead atoms. The summed E-state index contributed by atoms with van der Waals surface area (Å²) in [4.78, 5) is 0. The first-order chi connectivity index (χ1) is 17.7. The fourth-order valence-corrected chi connectivity index (χ4v) is 10.9. The van der Waals surface area contributed by atoms with Gasteiger partial charge in [-0.05, 0) is 45.4 Å². The van der Waals surface area contributed by atoms with Crippen LogP contribution in [0.15, 0.2) is 78.9 Å². The number of aliphatic hydroxyl groups is 1. The lowest BCUT2D eigenvalue weighted by Crippen LogP contribution is -2.49. The van der Waals surface area contributed by atoms with Crippen LogP contribution in [0.3, 0.4) is 0 Å². The first kappa shape index (κ1) is 29.0. The molecule has 1 atom stereocenters. The van der Waals surface area contributed by atoms with E-state index in [1.54, 1.807) is 0 Å². The van der Waals surface area contributed by atoms with Crippen LogP contribution >= 0.6 is 0 Å². The fourth-order valence-electron chi connectivity index (χ4n) is 5.47. The Bertz CT molecular complexity index is 983. The van der Waals surface area contributed by atoms with E-state index in [0.29, 0.717) is 42.9 Å². The third-order valence-corrected chi connectivity index (χ3v) is 13.2.